The fourth-order valence-electron chi connectivity index (χ4n) is 6.54. The van der Waals surface area contributed by atoms with Crippen molar-refractivity contribution in [3.8, 4) is 23.0 Å². The van der Waals surface area contributed by atoms with Crippen LogP contribution in [-0.2, 0) is 6.18 Å². The molecule has 0 radical (unpaired) electrons. The SMILES string of the molecule is Nc1nc2c(-c3c(C(F)(F)F)cc4c(O[C@H]5CNC[C@@H]5F)nc(OC[C@@]56CCCN5C[C@H](F)C6)nc4c3F)ccc(F)c2s1. The number of benzene rings is 2. The number of anilines is 1. The summed E-state index contributed by atoms with van der Waals surface area (Å²) in [5, 5.41) is 2.19. The minimum atomic E-state index is -5.10. The van der Waals surface area contributed by atoms with E-state index in [0.29, 0.717) is 30.4 Å². The van der Waals surface area contributed by atoms with E-state index in [-0.39, 0.29) is 53.6 Å². The molecular weight excluding hydrogens is 617 g/mol. The van der Waals surface area contributed by atoms with Crippen molar-refractivity contribution in [3.63, 3.8) is 0 Å². The number of thiazole rings is 1. The fraction of sp³-hybridized carbons (Fsp3) is 0.464. The molecule has 4 aromatic rings. The number of aromatic nitrogens is 3. The smallest absolute Gasteiger partial charge is 0.417 e. The first kappa shape index (κ1) is 29.2. The van der Waals surface area contributed by atoms with Gasteiger partial charge in [-0.25, -0.2) is 22.5 Å². The molecule has 3 N–H and O–H groups in total. The lowest BCUT2D eigenvalue weighted by Gasteiger charge is -2.30. The number of nitrogen functional groups attached to an aromatic ring is 1. The van der Waals surface area contributed by atoms with Crippen molar-refractivity contribution in [2.45, 2.75) is 49.4 Å². The number of halogens is 7. The fourth-order valence-corrected chi connectivity index (χ4v) is 7.31. The molecule has 3 fully saturated rings. The Morgan fingerprint density at radius 3 is 2.68 bits per heavy atom. The third-order valence-electron chi connectivity index (χ3n) is 8.54. The molecule has 2 aromatic heterocycles. The summed E-state index contributed by atoms with van der Waals surface area (Å²) >= 11 is 0.709. The Kier molecular flexibility index (Phi) is 7.01. The quantitative estimate of drug-likeness (QED) is 0.269. The number of hydrogen-bond acceptors (Lipinski definition) is 9. The first-order valence-electron chi connectivity index (χ1n) is 13.9. The maximum atomic E-state index is 16.5. The minimum absolute atomic E-state index is 0.0321. The first-order chi connectivity index (χ1) is 20.9. The Balaban J connectivity index is 1.41. The van der Waals surface area contributed by atoms with Crippen LogP contribution in [-0.4, -0.2) is 76.6 Å². The number of ether oxygens (including phenoxy) is 2. The van der Waals surface area contributed by atoms with Gasteiger partial charge in [0.15, 0.2) is 17.1 Å². The average molecular weight is 643 g/mol. The van der Waals surface area contributed by atoms with Crippen LogP contribution < -0.4 is 20.5 Å². The molecule has 0 saturated carbocycles. The van der Waals surface area contributed by atoms with Gasteiger partial charge in [-0.2, -0.15) is 23.1 Å². The summed E-state index contributed by atoms with van der Waals surface area (Å²) in [4.78, 5) is 14.2. The highest BCUT2D eigenvalue weighted by atomic mass is 32.1. The second-order valence-electron chi connectivity index (χ2n) is 11.3. The van der Waals surface area contributed by atoms with E-state index in [0.717, 1.165) is 18.6 Å². The number of nitrogens with zero attached hydrogens (tertiary/aromatic N) is 4. The molecule has 0 unspecified atom stereocenters. The highest BCUT2D eigenvalue weighted by molar-refractivity contribution is 7.22. The molecule has 7 rings (SSSR count). The van der Waals surface area contributed by atoms with E-state index in [9.17, 15) is 26.3 Å². The maximum Gasteiger partial charge on any atom is 0.417 e. The number of hydrogen-bond donors (Lipinski definition) is 2. The van der Waals surface area contributed by atoms with E-state index in [4.69, 9.17) is 15.2 Å². The van der Waals surface area contributed by atoms with Crippen molar-refractivity contribution >= 4 is 37.6 Å². The Morgan fingerprint density at radius 1 is 1.11 bits per heavy atom. The third kappa shape index (κ3) is 4.86. The van der Waals surface area contributed by atoms with Crippen molar-refractivity contribution in [1.29, 1.82) is 0 Å². The monoisotopic (exact) mass is 642 g/mol. The standard InChI is InChI=1S/C28H25F7N6O2S/c29-12-7-27(4-1-5-41(27)10-12)11-42-26-39-21-14(24(40-26)43-18-9-37-8-17(18)31)6-15(28(33,34)35)19(20(21)32)13-2-3-16(30)23-22(13)38-25(36)44-23/h2-3,6,12,17-18,37H,1,4-5,7-11H2,(H2,36,38)/t12-,17+,18+,27+/m1/s1. The van der Waals surface area contributed by atoms with Crippen molar-refractivity contribution in [2.75, 3.05) is 38.5 Å². The number of nitrogens with one attached hydrogen (secondary N) is 1. The number of nitrogens with two attached hydrogens (primary N) is 1. The molecule has 0 spiro atoms. The molecule has 0 bridgehead atoms. The van der Waals surface area contributed by atoms with E-state index in [1.54, 1.807) is 0 Å². The molecular formula is C28H25F7N6O2S. The summed E-state index contributed by atoms with van der Waals surface area (Å²) in [5.74, 6) is -2.71. The third-order valence-corrected chi connectivity index (χ3v) is 9.44. The number of rotatable bonds is 6. The van der Waals surface area contributed by atoms with Crippen LogP contribution in [0.15, 0.2) is 18.2 Å². The Bertz CT molecular complexity index is 1770. The van der Waals surface area contributed by atoms with Crippen molar-refractivity contribution < 1.29 is 40.2 Å². The maximum absolute atomic E-state index is 16.5. The van der Waals surface area contributed by atoms with Gasteiger partial charge in [0.2, 0.25) is 5.88 Å². The van der Waals surface area contributed by atoms with Crippen LogP contribution in [0.3, 0.4) is 0 Å². The molecule has 4 atom stereocenters. The van der Waals surface area contributed by atoms with Crippen molar-refractivity contribution in [2.24, 2.45) is 0 Å². The second-order valence-corrected chi connectivity index (χ2v) is 12.4. The summed E-state index contributed by atoms with van der Waals surface area (Å²) in [7, 11) is 0. The van der Waals surface area contributed by atoms with E-state index in [2.05, 4.69) is 20.3 Å². The van der Waals surface area contributed by atoms with Gasteiger partial charge in [-0.1, -0.05) is 11.3 Å². The van der Waals surface area contributed by atoms with E-state index in [1.165, 1.54) is 0 Å². The molecule has 3 saturated heterocycles. The molecule has 8 nitrogen and oxygen atoms in total. The van der Waals surface area contributed by atoms with Crippen LogP contribution in [0.5, 0.6) is 11.9 Å². The molecule has 3 aliphatic rings. The molecule has 5 heterocycles. The highest BCUT2D eigenvalue weighted by Gasteiger charge is 2.49. The van der Waals surface area contributed by atoms with Crippen LogP contribution in [0.2, 0.25) is 0 Å². The second kappa shape index (κ2) is 10.5. The molecule has 44 heavy (non-hydrogen) atoms. The van der Waals surface area contributed by atoms with Crippen molar-refractivity contribution in [1.82, 2.24) is 25.2 Å². The zero-order chi connectivity index (χ0) is 31.0. The minimum Gasteiger partial charge on any atom is -0.469 e. The highest BCUT2D eigenvalue weighted by Crippen LogP contribution is 2.46. The van der Waals surface area contributed by atoms with E-state index in [1.807, 2.05) is 4.90 Å². The molecule has 16 heteroatoms. The van der Waals surface area contributed by atoms with Gasteiger partial charge in [0, 0.05) is 37.2 Å². The number of fused-ring (bicyclic) bond motifs is 3. The summed E-state index contributed by atoms with van der Waals surface area (Å²) in [6, 6.07) is 2.09. The van der Waals surface area contributed by atoms with Gasteiger partial charge >= 0.3 is 12.2 Å². The van der Waals surface area contributed by atoms with Crippen LogP contribution >= 0.6 is 11.3 Å². The van der Waals surface area contributed by atoms with Gasteiger partial charge in [-0.05, 0) is 37.6 Å². The first-order valence-corrected chi connectivity index (χ1v) is 14.7. The summed E-state index contributed by atoms with van der Waals surface area (Å²) in [6.07, 6.45) is -7.12. The number of alkyl halides is 5. The Morgan fingerprint density at radius 2 is 1.93 bits per heavy atom. The zero-order valence-corrected chi connectivity index (χ0v) is 23.7. The van der Waals surface area contributed by atoms with Crippen LogP contribution in [0.25, 0.3) is 32.2 Å². The Labute approximate surface area is 249 Å². The topological polar surface area (TPSA) is 98.4 Å². The van der Waals surface area contributed by atoms with Gasteiger partial charge in [0.1, 0.15) is 30.2 Å². The van der Waals surface area contributed by atoms with E-state index < -0.39 is 75.7 Å². The van der Waals surface area contributed by atoms with Gasteiger partial charge in [-0.15, -0.1) is 0 Å². The summed E-state index contributed by atoms with van der Waals surface area (Å²) in [6.45, 7) is 0.845. The molecule has 0 aliphatic carbocycles. The zero-order valence-electron chi connectivity index (χ0n) is 22.9. The van der Waals surface area contributed by atoms with Crippen LogP contribution in [0, 0.1) is 11.6 Å². The lowest BCUT2D eigenvalue weighted by Crippen LogP contribution is -2.43. The van der Waals surface area contributed by atoms with Gasteiger partial charge in [0.25, 0.3) is 0 Å². The van der Waals surface area contributed by atoms with Gasteiger partial charge in [-0.3, -0.25) is 4.90 Å². The van der Waals surface area contributed by atoms with E-state index >= 15 is 4.39 Å². The van der Waals surface area contributed by atoms with Gasteiger partial charge in [0.05, 0.1) is 26.7 Å². The predicted octanol–water partition coefficient (Wildman–Crippen LogP) is 5.43. The molecule has 2 aromatic carbocycles. The lowest BCUT2D eigenvalue weighted by atomic mass is 9.95. The summed E-state index contributed by atoms with van der Waals surface area (Å²) in [5.41, 5.74) is 1.54. The Hall–Kier alpha value is -3.50. The largest absolute Gasteiger partial charge is 0.469 e. The average Bonchev–Trinajstić information content (AvgIpc) is 3.72. The van der Waals surface area contributed by atoms with Crippen LogP contribution in [0.1, 0.15) is 24.8 Å². The predicted molar refractivity (Wildman–Crippen MR) is 148 cm³/mol. The van der Waals surface area contributed by atoms with Gasteiger partial charge < -0.3 is 20.5 Å². The summed E-state index contributed by atoms with van der Waals surface area (Å²) < 4.78 is 115. The normalized spacial score (nSPS) is 25.8. The molecule has 234 valence electrons. The molecule has 3 aliphatic heterocycles. The lowest BCUT2D eigenvalue weighted by molar-refractivity contribution is -0.137. The van der Waals surface area contributed by atoms with Crippen molar-refractivity contribution in [3.05, 3.63) is 35.4 Å². The molecule has 0 amide bonds. The van der Waals surface area contributed by atoms with Crippen LogP contribution in [0.4, 0.5) is 35.9 Å².